The van der Waals surface area contributed by atoms with Crippen molar-refractivity contribution in [2.75, 3.05) is 39.0 Å². The van der Waals surface area contributed by atoms with Crippen LogP contribution >= 0.6 is 23.4 Å². The van der Waals surface area contributed by atoms with Crippen LogP contribution in [0.25, 0.3) is 0 Å². The largest absolute Gasteiger partial charge is 0.478 e. The summed E-state index contributed by atoms with van der Waals surface area (Å²) in [6.45, 7) is 3.27. The number of carboxylic acids is 1. The molecule has 1 heterocycles. The average molecular weight is 329 g/mol. The molecule has 1 amide bonds. The number of hydrogen-bond acceptors (Lipinski definition) is 4. The third-order valence-corrected chi connectivity index (χ3v) is 4.69. The van der Waals surface area contributed by atoms with Crippen LogP contribution in [-0.2, 0) is 4.79 Å². The van der Waals surface area contributed by atoms with Crippen LogP contribution in [0.15, 0.2) is 23.1 Å². The fourth-order valence-electron chi connectivity index (χ4n) is 2.05. The van der Waals surface area contributed by atoms with Gasteiger partial charge in [-0.05, 0) is 25.2 Å². The maximum Gasteiger partial charge on any atom is 0.337 e. The van der Waals surface area contributed by atoms with Crippen molar-refractivity contribution in [3.05, 3.63) is 28.8 Å². The van der Waals surface area contributed by atoms with Crippen molar-refractivity contribution < 1.29 is 14.7 Å². The Kier molecular flexibility index (Phi) is 5.50. The molecule has 0 atom stereocenters. The first kappa shape index (κ1) is 16.1. The average Bonchev–Trinajstić information content (AvgIpc) is 2.46. The summed E-state index contributed by atoms with van der Waals surface area (Å²) in [6, 6.07) is 4.79. The van der Waals surface area contributed by atoms with Gasteiger partial charge in [0, 0.05) is 31.1 Å². The zero-order chi connectivity index (χ0) is 15.4. The van der Waals surface area contributed by atoms with Gasteiger partial charge < -0.3 is 14.9 Å². The number of piperazine rings is 1. The van der Waals surface area contributed by atoms with Crippen LogP contribution in [0.5, 0.6) is 0 Å². The van der Waals surface area contributed by atoms with Gasteiger partial charge in [0.2, 0.25) is 5.91 Å². The third-order valence-electron chi connectivity index (χ3n) is 3.39. The van der Waals surface area contributed by atoms with Gasteiger partial charge in [-0.2, -0.15) is 0 Å². The van der Waals surface area contributed by atoms with Crippen LogP contribution in [0.1, 0.15) is 10.4 Å². The lowest BCUT2D eigenvalue weighted by atomic mass is 10.2. The molecule has 21 heavy (non-hydrogen) atoms. The molecule has 0 spiro atoms. The highest BCUT2D eigenvalue weighted by atomic mass is 35.5. The van der Waals surface area contributed by atoms with E-state index in [-0.39, 0.29) is 16.5 Å². The molecule has 1 aliphatic rings. The van der Waals surface area contributed by atoms with Crippen molar-refractivity contribution in [2.45, 2.75) is 4.90 Å². The Balaban J connectivity index is 1.92. The Morgan fingerprint density at radius 1 is 1.29 bits per heavy atom. The Hall–Kier alpha value is -1.24. The zero-order valence-electron chi connectivity index (χ0n) is 11.7. The molecule has 0 unspecified atom stereocenters. The van der Waals surface area contributed by atoms with Crippen LogP contribution in [0.4, 0.5) is 0 Å². The number of aromatic carboxylic acids is 1. The molecule has 0 radical (unpaired) electrons. The number of amides is 1. The fourth-order valence-corrected chi connectivity index (χ4v) is 3.09. The number of hydrogen-bond donors (Lipinski definition) is 1. The number of thioether (sulfide) groups is 1. The van der Waals surface area contributed by atoms with Crippen molar-refractivity contribution in [1.29, 1.82) is 0 Å². The highest BCUT2D eigenvalue weighted by molar-refractivity contribution is 8.00. The molecule has 0 bridgehead atoms. The molecule has 0 aromatic heterocycles. The number of carbonyl (C=O) groups excluding carboxylic acids is 1. The topological polar surface area (TPSA) is 60.9 Å². The van der Waals surface area contributed by atoms with E-state index in [1.807, 2.05) is 11.9 Å². The first-order valence-corrected chi connectivity index (χ1v) is 7.95. The van der Waals surface area contributed by atoms with Gasteiger partial charge in [-0.15, -0.1) is 11.8 Å². The molecule has 1 aromatic rings. The van der Waals surface area contributed by atoms with Crippen LogP contribution < -0.4 is 0 Å². The normalized spacial score (nSPS) is 16.0. The van der Waals surface area contributed by atoms with Gasteiger partial charge in [0.05, 0.1) is 16.3 Å². The van der Waals surface area contributed by atoms with Crippen LogP contribution in [0, 0.1) is 0 Å². The van der Waals surface area contributed by atoms with Crippen LogP contribution in [0.2, 0.25) is 5.02 Å². The summed E-state index contributed by atoms with van der Waals surface area (Å²) in [7, 11) is 2.04. The predicted molar refractivity (Wildman–Crippen MR) is 83.2 cm³/mol. The number of rotatable bonds is 4. The SMILES string of the molecule is CN1CCN(C(=O)CSc2ccc(Cl)c(C(=O)O)c2)CC1. The summed E-state index contributed by atoms with van der Waals surface area (Å²) in [5, 5.41) is 9.23. The molecule has 5 nitrogen and oxygen atoms in total. The highest BCUT2D eigenvalue weighted by Crippen LogP contribution is 2.25. The van der Waals surface area contributed by atoms with E-state index < -0.39 is 5.97 Å². The van der Waals surface area contributed by atoms with Gasteiger partial charge >= 0.3 is 5.97 Å². The summed E-state index contributed by atoms with van der Waals surface area (Å²) in [5.74, 6) is -0.669. The number of nitrogens with zero attached hydrogens (tertiary/aromatic N) is 2. The Labute approximate surface area is 132 Å². The van der Waals surface area contributed by atoms with E-state index in [9.17, 15) is 9.59 Å². The molecule has 1 N–H and O–H groups in total. The fraction of sp³-hybridized carbons (Fsp3) is 0.429. The Morgan fingerprint density at radius 2 is 1.95 bits per heavy atom. The first-order chi connectivity index (χ1) is 9.97. The standard InChI is InChI=1S/C14H17ClN2O3S/c1-16-4-6-17(7-5-16)13(18)9-21-10-2-3-12(15)11(8-10)14(19)20/h2-3,8H,4-7,9H2,1H3,(H,19,20). The van der Waals surface area contributed by atoms with E-state index in [4.69, 9.17) is 16.7 Å². The zero-order valence-corrected chi connectivity index (χ0v) is 13.3. The summed E-state index contributed by atoms with van der Waals surface area (Å²) in [6.07, 6.45) is 0. The molecule has 1 saturated heterocycles. The second kappa shape index (κ2) is 7.15. The van der Waals surface area contributed by atoms with Crippen molar-refractivity contribution in [2.24, 2.45) is 0 Å². The van der Waals surface area contributed by atoms with Gasteiger partial charge in [0.15, 0.2) is 0 Å². The van der Waals surface area contributed by atoms with Crippen molar-refractivity contribution >= 4 is 35.2 Å². The second-order valence-electron chi connectivity index (χ2n) is 4.92. The first-order valence-electron chi connectivity index (χ1n) is 6.59. The van der Waals surface area contributed by atoms with E-state index in [1.54, 1.807) is 12.1 Å². The van der Waals surface area contributed by atoms with Gasteiger partial charge in [0.1, 0.15) is 0 Å². The van der Waals surface area contributed by atoms with E-state index >= 15 is 0 Å². The lowest BCUT2D eigenvalue weighted by Crippen LogP contribution is -2.47. The minimum Gasteiger partial charge on any atom is -0.478 e. The van der Waals surface area contributed by atoms with E-state index in [0.717, 1.165) is 31.1 Å². The summed E-state index contributed by atoms with van der Waals surface area (Å²) in [4.78, 5) is 27.9. The molecule has 0 aliphatic carbocycles. The molecule has 0 saturated carbocycles. The van der Waals surface area contributed by atoms with E-state index in [1.165, 1.54) is 17.8 Å². The summed E-state index contributed by atoms with van der Waals surface area (Å²) < 4.78 is 0. The minimum absolute atomic E-state index is 0.0636. The molecule has 1 aliphatic heterocycles. The minimum atomic E-state index is -1.06. The van der Waals surface area contributed by atoms with Crippen molar-refractivity contribution in [3.63, 3.8) is 0 Å². The smallest absolute Gasteiger partial charge is 0.337 e. The van der Waals surface area contributed by atoms with Gasteiger partial charge in [-0.25, -0.2) is 4.79 Å². The van der Waals surface area contributed by atoms with Crippen molar-refractivity contribution in [1.82, 2.24) is 9.80 Å². The predicted octanol–water partition coefficient (Wildman–Crippen LogP) is 1.90. The van der Waals surface area contributed by atoms with Gasteiger partial charge in [-0.1, -0.05) is 11.6 Å². The van der Waals surface area contributed by atoms with Crippen molar-refractivity contribution in [3.8, 4) is 0 Å². The van der Waals surface area contributed by atoms with Gasteiger partial charge in [0.25, 0.3) is 0 Å². The Bertz CT molecular complexity index is 545. The Morgan fingerprint density at radius 3 is 2.57 bits per heavy atom. The maximum absolute atomic E-state index is 12.1. The quantitative estimate of drug-likeness (QED) is 0.855. The summed E-state index contributed by atoms with van der Waals surface area (Å²) >= 11 is 7.16. The molecule has 1 aromatic carbocycles. The molecule has 1 fully saturated rings. The van der Waals surface area contributed by atoms with Crippen LogP contribution in [0.3, 0.4) is 0 Å². The lowest BCUT2D eigenvalue weighted by molar-refractivity contribution is -0.129. The van der Waals surface area contributed by atoms with E-state index in [2.05, 4.69) is 4.90 Å². The lowest BCUT2D eigenvalue weighted by Gasteiger charge is -2.32. The highest BCUT2D eigenvalue weighted by Gasteiger charge is 2.19. The molecular weight excluding hydrogens is 312 g/mol. The number of carboxylic acid groups (broad SMARTS) is 1. The molecule has 2 rings (SSSR count). The summed E-state index contributed by atoms with van der Waals surface area (Å²) in [5.41, 5.74) is 0.0636. The number of carbonyl (C=O) groups is 2. The number of likely N-dealkylation sites (N-methyl/N-ethyl adjacent to an activating group) is 1. The molecular formula is C14H17ClN2O3S. The van der Waals surface area contributed by atoms with E-state index in [0.29, 0.717) is 5.75 Å². The van der Waals surface area contributed by atoms with Crippen LogP contribution in [-0.4, -0.2) is 65.8 Å². The maximum atomic E-state index is 12.1. The monoisotopic (exact) mass is 328 g/mol. The number of benzene rings is 1. The second-order valence-corrected chi connectivity index (χ2v) is 6.38. The molecule has 7 heteroatoms. The third kappa shape index (κ3) is 4.36. The number of halogens is 1. The van der Waals surface area contributed by atoms with Gasteiger partial charge in [-0.3, -0.25) is 4.79 Å². The molecule has 114 valence electrons.